The van der Waals surface area contributed by atoms with Gasteiger partial charge >= 0.3 is 0 Å². The van der Waals surface area contributed by atoms with E-state index < -0.39 is 0 Å². The maximum atomic E-state index is 5.63. The Hall–Kier alpha value is -4.41. The number of hydrogen-bond acceptors (Lipinski definition) is 4. The number of fused-ring (bicyclic) bond motifs is 6. The van der Waals surface area contributed by atoms with Crippen molar-refractivity contribution in [2.24, 2.45) is 22.7 Å². The molecule has 2 N–H and O–H groups in total. The summed E-state index contributed by atoms with van der Waals surface area (Å²) in [6, 6.07) is 25.3. The lowest BCUT2D eigenvalue weighted by atomic mass is 9.74. The van der Waals surface area contributed by atoms with E-state index in [9.17, 15) is 0 Å². The van der Waals surface area contributed by atoms with E-state index >= 15 is 0 Å². The van der Waals surface area contributed by atoms with Crippen molar-refractivity contribution in [3.05, 3.63) is 154 Å². The van der Waals surface area contributed by atoms with Gasteiger partial charge in [-0.2, -0.15) is 0 Å². The predicted molar refractivity (Wildman–Crippen MR) is 207 cm³/mol. The van der Waals surface area contributed by atoms with E-state index in [0.717, 1.165) is 25.2 Å². The van der Waals surface area contributed by atoms with Gasteiger partial charge in [0.25, 0.3) is 0 Å². The molecule has 50 heavy (non-hydrogen) atoms. The van der Waals surface area contributed by atoms with Crippen molar-refractivity contribution in [1.82, 2.24) is 15.5 Å². The van der Waals surface area contributed by atoms with Gasteiger partial charge < -0.3 is 10.6 Å². The second-order valence-electron chi connectivity index (χ2n) is 16.5. The minimum Gasteiger partial charge on any atom is -0.384 e. The molecule has 0 saturated heterocycles. The quantitative estimate of drug-likeness (QED) is 0.275. The highest BCUT2D eigenvalue weighted by Crippen LogP contribution is 2.55. The summed E-state index contributed by atoms with van der Waals surface area (Å²) in [7, 11) is 2.25. The van der Waals surface area contributed by atoms with Crippen LogP contribution in [0.25, 0.3) is 11.1 Å². The van der Waals surface area contributed by atoms with E-state index in [1.54, 1.807) is 5.57 Å². The highest BCUT2D eigenvalue weighted by atomic mass is 15.4. The zero-order valence-corrected chi connectivity index (χ0v) is 30.4. The Bertz CT molecular complexity index is 2070. The molecule has 0 bridgehead atoms. The summed E-state index contributed by atoms with van der Waals surface area (Å²) in [6.45, 7) is 12.8. The largest absolute Gasteiger partial charge is 0.384 e. The molecule has 2 aliphatic heterocycles. The van der Waals surface area contributed by atoms with E-state index in [2.05, 4.69) is 166 Å². The Labute approximate surface area is 298 Å². The number of benzene rings is 3. The summed E-state index contributed by atoms with van der Waals surface area (Å²) in [5.41, 5.74) is 14.0. The number of amidine groups is 1. The van der Waals surface area contributed by atoms with Gasteiger partial charge in [-0.25, -0.2) is 4.99 Å². The molecule has 2 heterocycles. The Kier molecular flexibility index (Phi) is 7.30. The number of nitrogens with one attached hydrogen (secondary N) is 2. The summed E-state index contributed by atoms with van der Waals surface area (Å²) >= 11 is 0. The molecule has 254 valence electrons. The van der Waals surface area contributed by atoms with Crippen molar-refractivity contribution in [2.45, 2.75) is 76.5 Å². The second-order valence-corrected chi connectivity index (χ2v) is 16.5. The molecule has 0 spiro atoms. The molecule has 0 fully saturated rings. The molecule has 4 nitrogen and oxygen atoms in total. The van der Waals surface area contributed by atoms with Crippen LogP contribution in [0, 0.1) is 17.8 Å². The van der Waals surface area contributed by atoms with Crippen LogP contribution in [0.2, 0.25) is 0 Å². The van der Waals surface area contributed by atoms with E-state index in [1.807, 2.05) is 0 Å². The maximum absolute atomic E-state index is 5.63. The third-order valence-electron chi connectivity index (χ3n) is 12.9. The molecule has 6 aliphatic rings. The summed E-state index contributed by atoms with van der Waals surface area (Å²) in [4.78, 5) is 8.09. The normalized spacial score (nSPS) is 30.0. The zero-order valence-electron chi connectivity index (χ0n) is 30.4. The molecule has 0 radical (unpaired) electrons. The van der Waals surface area contributed by atoms with Gasteiger partial charge in [0, 0.05) is 40.8 Å². The molecule has 4 aliphatic carbocycles. The molecule has 3 aromatic rings. The first-order chi connectivity index (χ1) is 24.1. The van der Waals surface area contributed by atoms with Crippen LogP contribution in [0.15, 0.2) is 131 Å². The second kappa shape index (κ2) is 11.6. The lowest BCUT2D eigenvalue weighted by Crippen LogP contribution is -2.52. The molecule has 0 saturated carbocycles. The SMILES string of the molecule is CC1C=C(C2N=C(C3C=C4C(CC3)c3ccccc3C4(C)C)NC(c3ccc4c(c3)C(C)(C)c3ccccc3-4)N2C)C=CC1C1=CC=CCN1. The first-order valence-corrected chi connectivity index (χ1v) is 18.8. The monoisotopic (exact) mass is 658 g/mol. The van der Waals surface area contributed by atoms with E-state index in [-0.39, 0.29) is 29.1 Å². The molecule has 6 unspecified atom stereocenters. The van der Waals surface area contributed by atoms with Gasteiger partial charge in [0.1, 0.15) is 18.2 Å². The average molecular weight is 659 g/mol. The lowest BCUT2D eigenvalue weighted by Gasteiger charge is -2.43. The van der Waals surface area contributed by atoms with Gasteiger partial charge in [0.15, 0.2) is 0 Å². The van der Waals surface area contributed by atoms with Gasteiger partial charge in [0.2, 0.25) is 0 Å². The van der Waals surface area contributed by atoms with Gasteiger partial charge in [-0.3, -0.25) is 4.90 Å². The van der Waals surface area contributed by atoms with Crippen LogP contribution in [0.4, 0.5) is 0 Å². The maximum Gasteiger partial charge on any atom is 0.131 e. The van der Waals surface area contributed by atoms with Crippen molar-refractivity contribution in [3.8, 4) is 11.1 Å². The van der Waals surface area contributed by atoms with Crippen molar-refractivity contribution >= 4 is 5.84 Å². The van der Waals surface area contributed by atoms with Crippen LogP contribution in [-0.2, 0) is 10.8 Å². The van der Waals surface area contributed by atoms with Gasteiger partial charge in [-0.1, -0.05) is 143 Å². The van der Waals surface area contributed by atoms with Crippen LogP contribution < -0.4 is 10.6 Å². The van der Waals surface area contributed by atoms with Gasteiger partial charge in [0.05, 0.1) is 0 Å². The van der Waals surface area contributed by atoms with E-state index in [0.29, 0.717) is 17.8 Å². The third kappa shape index (κ3) is 4.78. The van der Waals surface area contributed by atoms with Crippen LogP contribution >= 0.6 is 0 Å². The minimum absolute atomic E-state index is 0.00240. The fourth-order valence-corrected chi connectivity index (χ4v) is 10.1. The topological polar surface area (TPSA) is 39.7 Å². The van der Waals surface area contributed by atoms with Gasteiger partial charge in [-0.05, 0) is 76.4 Å². The molecule has 0 aromatic heterocycles. The molecule has 4 heteroatoms. The smallest absolute Gasteiger partial charge is 0.131 e. The van der Waals surface area contributed by atoms with Crippen molar-refractivity contribution in [2.75, 3.05) is 13.6 Å². The van der Waals surface area contributed by atoms with Crippen LogP contribution in [0.1, 0.15) is 87.4 Å². The first-order valence-electron chi connectivity index (χ1n) is 18.8. The average Bonchev–Trinajstić information content (AvgIpc) is 3.51. The predicted octanol–water partition coefficient (Wildman–Crippen LogP) is 9.45. The molecule has 6 atom stereocenters. The van der Waals surface area contributed by atoms with E-state index in [1.165, 1.54) is 50.2 Å². The Morgan fingerprint density at radius 2 is 1.62 bits per heavy atom. The van der Waals surface area contributed by atoms with Crippen molar-refractivity contribution < 1.29 is 0 Å². The van der Waals surface area contributed by atoms with Gasteiger partial charge in [-0.15, -0.1) is 0 Å². The van der Waals surface area contributed by atoms with Crippen molar-refractivity contribution in [1.29, 1.82) is 0 Å². The number of aliphatic imine (C=N–C) groups is 1. The molecule has 0 amide bonds. The fourth-order valence-electron chi connectivity index (χ4n) is 10.1. The fraction of sp³-hybridized carbons (Fsp3) is 0.370. The zero-order chi connectivity index (χ0) is 34.4. The number of dihydropyridines is 1. The van der Waals surface area contributed by atoms with E-state index in [4.69, 9.17) is 4.99 Å². The van der Waals surface area contributed by atoms with Crippen LogP contribution in [-0.4, -0.2) is 30.5 Å². The minimum atomic E-state index is -0.0764. The summed E-state index contributed by atoms with van der Waals surface area (Å²) in [6.07, 6.45) is 18.6. The molecule has 9 rings (SSSR count). The lowest BCUT2D eigenvalue weighted by molar-refractivity contribution is 0.170. The number of nitrogens with zero attached hydrogens (tertiary/aromatic N) is 2. The highest BCUT2D eigenvalue weighted by Gasteiger charge is 2.45. The summed E-state index contributed by atoms with van der Waals surface area (Å²) in [5.74, 6) is 2.61. The first kappa shape index (κ1) is 31.6. The Balaban J connectivity index is 1.11. The number of hydrogen-bond donors (Lipinski definition) is 2. The van der Waals surface area contributed by atoms with Crippen LogP contribution in [0.5, 0.6) is 0 Å². The molecular weight excluding hydrogens is 609 g/mol. The molecule has 3 aromatic carbocycles. The standard InChI is InChI=1S/C46H50N4/c1-28-25-30(19-21-32(28)41-17-11-12-24-47-41)43-48-42(29-18-22-35-33-13-7-9-15-37(33)45(2,3)39(35)26-29)49-44(50(43)6)31-20-23-36-34-14-8-10-16-38(34)46(4,5)40(36)27-31/h7-17,19-21,23,25-29,32,35,43-44,47H,18,22,24H2,1-6H3,(H,48,49). The highest BCUT2D eigenvalue weighted by molar-refractivity contribution is 5.88. The van der Waals surface area contributed by atoms with Crippen LogP contribution in [0.3, 0.4) is 0 Å². The Morgan fingerprint density at radius 1 is 0.840 bits per heavy atom. The third-order valence-corrected chi connectivity index (χ3v) is 12.9. The number of likely N-dealkylation sites (N-methyl/N-ethyl adjacent to an activating group) is 1. The number of rotatable bonds is 4. The summed E-state index contributed by atoms with van der Waals surface area (Å²) < 4.78 is 0. The summed E-state index contributed by atoms with van der Waals surface area (Å²) in [5, 5.41) is 7.66. The Morgan fingerprint density at radius 3 is 2.42 bits per heavy atom. The van der Waals surface area contributed by atoms with Crippen molar-refractivity contribution in [3.63, 3.8) is 0 Å². The number of allylic oxidation sites excluding steroid dienone is 5. The molecular formula is C46H50N4.